The summed E-state index contributed by atoms with van der Waals surface area (Å²) in [6.45, 7) is 3.38. The van der Waals surface area contributed by atoms with Crippen LogP contribution in [0.1, 0.15) is 38.2 Å². The molecule has 1 saturated carbocycles. The van der Waals surface area contributed by atoms with Gasteiger partial charge in [0.15, 0.2) is 0 Å². The highest BCUT2D eigenvalue weighted by Gasteiger charge is 2.19. The van der Waals surface area contributed by atoms with Crippen LogP contribution in [-0.4, -0.2) is 25.0 Å². The van der Waals surface area contributed by atoms with Crippen LogP contribution in [0.15, 0.2) is 24.3 Å². The first-order valence-corrected chi connectivity index (χ1v) is 7.14. The lowest BCUT2D eigenvalue weighted by Gasteiger charge is -2.29. The van der Waals surface area contributed by atoms with E-state index in [4.69, 9.17) is 0 Å². The summed E-state index contributed by atoms with van der Waals surface area (Å²) < 4.78 is 0. The predicted octanol–water partition coefficient (Wildman–Crippen LogP) is 3.74. The lowest BCUT2D eigenvalue weighted by Crippen LogP contribution is -2.27. The predicted molar refractivity (Wildman–Crippen MR) is 78.9 cm³/mol. The van der Waals surface area contributed by atoms with Gasteiger partial charge < -0.3 is 10.2 Å². The quantitative estimate of drug-likeness (QED) is 0.870. The van der Waals surface area contributed by atoms with E-state index in [2.05, 4.69) is 55.5 Å². The van der Waals surface area contributed by atoms with Gasteiger partial charge in [0, 0.05) is 18.3 Å². The zero-order chi connectivity index (χ0) is 13.0. The Kier molecular flexibility index (Phi) is 4.65. The average molecular weight is 246 g/mol. The van der Waals surface area contributed by atoms with Crippen LogP contribution in [0.4, 0.5) is 5.69 Å². The zero-order valence-corrected chi connectivity index (χ0v) is 11.9. The summed E-state index contributed by atoms with van der Waals surface area (Å²) in [6.07, 6.45) is 5.41. The maximum atomic E-state index is 3.76. The summed E-state index contributed by atoms with van der Waals surface area (Å²) in [6, 6.07) is 9.38. The van der Waals surface area contributed by atoms with Crippen molar-refractivity contribution in [1.29, 1.82) is 0 Å². The molecule has 0 aromatic heterocycles. The van der Waals surface area contributed by atoms with Crippen LogP contribution >= 0.6 is 0 Å². The number of hydrogen-bond donors (Lipinski definition) is 1. The van der Waals surface area contributed by atoms with Crippen molar-refractivity contribution in [1.82, 2.24) is 4.90 Å². The van der Waals surface area contributed by atoms with E-state index >= 15 is 0 Å². The standard InChI is InChI=1S/C16H26N2/c1-13-7-6-9-15(11-13)17-16-10-5-4-8-14(16)12-18(2)3/h4-5,8,10,13,15,17H,6-7,9,11-12H2,1-3H3. The lowest BCUT2D eigenvalue weighted by molar-refractivity contribution is 0.358. The zero-order valence-electron chi connectivity index (χ0n) is 11.9. The Labute approximate surface area is 111 Å². The van der Waals surface area contributed by atoms with Gasteiger partial charge in [-0.25, -0.2) is 0 Å². The van der Waals surface area contributed by atoms with E-state index in [1.165, 1.54) is 36.9 Å². The minimum atomic E-state index is 0.664. The van der Waals surface area contributed by atoms with Gasteiger partial charge in [-0.1, -0.05) is 38.0 Å². The van der Waals surface area contributed by atoms with Crippen LogP contribution in [0.5, 0.6) is 0 Å². The van der Waals surface area contributed by atoms with E-state index in [0.29, 0.717) is 6.04 Å². The first-order valence-electron chi connectivity index (χ1n) is 7.14. The molecular formula is C16H26N2. The Morgan fingerprint density at radius 2 is 2.00 bits per heavy atom. The molecule has 1 aliphatic carbocycles. The number of para-hydroxylation sites is 1. The first-order chi connectivity index (χ1) is 8.65. The molecule has 0 radical (unpaired) electrons. The monoisotopic (exact) mass is 246 g/mol. The van der Waals surface area contributed by atoms with Crippen molar-refractivity contribution in [2.24, 2.45) is 5.92 Å². The Hall–Kier alpha value is -1.02. The maximum absolute atomic E-state index is 3.76. The van der Waals surface area contributed by atoms with E-state index in [0.717, 1.165) is 12.5 Å². The highest BCUT2D eigenvalue weighted by atomic mass is 15.1. The molecule has 2 unspecified atom stereocenters. The molecule has 1 aromatic carbocycles. The Bertz CT molecular complexity index is 373. The van der Waals surface area contributed by atoms with Crippen LogP contribution in [0.3, 0.4) is 0 Å². The fourth-order valence-corrected chi connectivity index (χ4v) is 2.92. The SMILES string of the molecule is CC1CCCC(Nc2ccccc2CN(C)C)C1. The van der Waals surface area contributed by atoms with E-state index in [9.17, 15) is 0 Å². The van der Waals surface area contributed by atoms with Gasteiger partial charge >= 0.3 is 0 Å². The molecule has 0 aliphatic heterocycles. The third-order valence-electron chi connectivity index (χ3n) is 3.80. The Morgan fingerprint density at radius 1 is 1.22 bits per heavy atom. The molecule has 100 valence electrons. The third-order valence-corrected chi connectivity index (χ3v) is 3.80. The molecule has 0 heterocycles. The summed E-state index contributed by atoms with van der Waals surface area (Å²) in [7, 11) is 4.25. The van der Waals surface area contributed by atoms with Crippen LogP contribution < -0.4 is 5.32 Å². The van der Waals surface area contributed by atoms with Gasteiger partial charge in [0.25, 0.3) is 0 Å². The number of hydrogen-bond acceptors (Lipinski definition) is 2. The van der Waals surface area contributed by atoms with Crippen molar-refractivity contribution in [3.63, 3.8) is 0 Å². The number of nitrogens with zero attached hydrogens (tertiary/aromatic N) is 1. The Morgan fingerprint density at radius 3 is 2.72 bits per heavy atom. The molecule has 0 amide bonds. The van der Waals surface area contributed by atoms with Gasteiger partial charge in [-0.2, -0.15) is 0 Å². The van der Waals surface area contributed by atoms with Crippen molar-refractivity contribution in [2.75, 3.05) is 19.4 Å². The van der Waals surface area contributed by atoms with Crippen LogP contribution in [0.2, 0.25) is 0 Å². The van der Waals surface area contributed by atoms with Crippen molar-refractivity contribution < 1.29 is 0 Å². The molecule has 2 heteroatoms. The highest BCUT2D eigenvalue weighted by molar-refractivity contribution is 5.51. The fourth-order valence-electron chi connectivity index (χ4n) is 2.92. The number of anilines is 1. The third kappa shape index (κ3) is 3.74. The summed E-state index contributed by atoms with van der Waals surface area (Å²) in [5.74, 6) is 0.872. The molecule has 2 nitrogen and oxygen atoms in total. The molecule has 1 fully saturated rings. The van der Waals surface area contributed by atoms with Crippen LogP contribution in [0.25, 0.3) is 0 Å². The smallest absolute Gasteiger partial charge is 0.0388 e. The molecule has 1 aliphatic rings. The minimum absolute atomic E-state index is 0.664. The van der Waals surface area contributed by atoms with Crippen LogP contribution in [-0.2, 0) is 6.54 Å². The second-order valence-electron chi connectivity index (χ2n) is 6.01. The summed E-state index contributed by atoms with van der Waals surface area (Å²) in [5.41, 5.74) is 2.73. The number of benzene rings is 1. The number of rotatable bonds is 4. The molecule has 1 aromatic rings. The van der Waals surface area contributed by atoms with Crippen LogP contribution in [0, 0.1) is 5.92 Å². The van der Waals surface area contributed by atoms with E-state index in [1.807, 2.05) is 0 Å². The van der Waals surface area contributed by atoms with Gasteiger partial charge in [0.05, 0.1) is 0 Å². The summed E-state index contributed by atoms with van der Waals surface area (Å²) in [5, 5.41) is 3.76. The van der Waals surface area contributed by atoms with Crippen molar-refractivity contribution in [3.8, 4) is 0 Å². The van der Waals surface area contributed by atoms with E-state index in [1.54, 1.807) is 0 Å². The Balaban J connectivity index is 2.03. The van der Waals surface area contributed by atoms with Crippen molar-refractivity contribution in [2.45, 2.75) is 45.2 Å². The topological polar surface area (TPSA) is 15.3 Å². The fraction of sp³-hybridized carbons (Fsp3) is 0.625. The molecule has 0 saturated heterocycles. The van der Waals surface area contributed by atoms with Gasteiger partial charge in [0.1, 0.15) is 0 Å². The first kappa shape index (κ1) is 13.4. The minimum Gasteiger partial charge on any atom is -0.382 e. The normalized spacial score (nSPS) is 24.2. The maximum Gasteiger partial charge on any atom is 0.0388 e. The van der Waals surface area contributed by atoms with Gasteiger partial charge in [0.2, 0.25) is 0 Å². The van der Waals surface area contributed by atoms with Crippen molar-refractivity contribution in [3.05, 3.63) is 29.8 Å². The molecule has 18 heavy (non-hydrogen) atoms. The molecule has 2 rings (SSSR count). The largest absolute Gasteiger partial charge is 0.382 e. The summed E-state index contributed by atoms with van der Waals surface area (Å²) >= 11 is 0. The second-order valence-corrected chi connectivity index (χ2v) is 6.01. The van der Waals surface area contributed by atoms with E-state index in [-0.39, 0.29) is 0 Å². The van der Waals surface area contributed by atoms with E-state index < -0.39 is 0 Å². The molecular weight excluding hydrogens is 220 g/mol. The molecule has 0 bridgehead atoms. The molecule has 1 N–H and O–H groups in total. The van der Waals surface area contributed by atoms with Gasteiger partial charge in [-0.15, -0.1) is 0 Å². The molecule has 2 atom stereocenters. The summed E-state index contributed by atoms with van der Waals surface area (Å²) in [4.78, 5) is 2.23. The average Bonchev–Trinajstić information content (AvgIpc) is 2.31. The molecule has 0 spiro atoms. The van der Waals surface area contributed by atoms with Crippen molar-refractivity contribution >= 4 is 5.69 Å². The second kappa shape index (κ2) is 6.24. The van der Waals surface area contributed by atoms with Gasteiger partial charge in [-0.05, 0) is 44.5 Å². The number of nitrogens with one attached hydrogen (secondary N) is 1. The lowest BCUT2D eigenvalue weighted by atomic mass is 9.87. The highest BCUT2D eigenvalue weighted by Crippen LogP contribution is 2.27. The van der Waals surface area contributed by atoms with Gasteiger partial charge in [-0.3, -0.25) is 0 Å².